The zero-order valence-electron chi connectivity index (χ0n) is 22.5. The average molecular weight is 527 g/mol. The molecule has 0 spiro atoms. The van der Waals surface area contributed by atoms with Crippen molar-refractivity contribution < 1.29 is 18.0 Å². The van der Waals surface area contributed by atoms with Crippen LogP contribution in [0, 0.1) is 19.8 Å². The topological polar surface area (TPSA) is 84.3 Å². The number of pyridine rings is 1. The van der Waals surface area contributed by atoms with Gasteiger partial charge in [0, 0.05) is 37.0 Å². The van der Waals surface area contributed by atoms with Gasteiger partial charge in [-0.15, -0.1) is 0 Å². The third-order valence-electron chi connectivity index (χ3n) is 7.89. The molecule has 4 rings (SSSR count). The minimum Gasteiger partial charge on any atom is -0.401 e. The molecule has 8 nitrogen and oxygen atoms in total. The number of oxime groups is 1. The average Bonchev–Trinajstić information content (AvgIpc) is 2.88. The molecule has 3 heterocycles. The number of carbonyl (C=O) groups is 1. The van der Waals surface area contributed by atoms with E-state index in [0.29, 0.717) is 11.7 Å². The maximum absolute atomic E-state index is 13.2. The summed E-state index contributed by atoms with van der Waals surface area (Å²) in [5, 5.41) is 4.38. The lowest BCUT2D eigenvalue weighted by atomic mass is 9.82. The molecule has 2 fully saturated rings. The fraction of sp³-hybridized carbons (Fsp3) is 0.536. The van der Waals surface area contributed by atoms with Crippen molar-refractivity contribution in [3.05, 3.63) is 58.9 Å². The Morgan fingerprint density at radius 1 is 1.08 bits per heavy atom. The molecule has 1 unspecified atom stereocenters. The number of hydrogen-bond donors (Lipinski definition) is 0. The van der Waals surface area contributed by atoms with Crippen LogP contribution in [-0.4, -0.2) is 75.7 Å². The van der Waals surface area contributed by atoms with E-state index in [2.05, 4.69) is 22.0 Å². The Balaban J connectivity index is 1.36. The smallest absolute Gasteiger partial charge is 0.255 e. The van der Waals surface area contributed by atoms with Gasteiger partial charge in [0.1, 0.15) is 12.9 Å². The first-order valence-corrected chi connectivity index (χ1v) is 14.4. The van der Waals surface area contributed by atoms with Crippen LogP contribution in [0.5, 0.6) is 5.75 Å². The van der Waals surface area contributed by atoms with E-state index in [9.17, 15) is 9.00 Å². The van der Waals surface area contributed by atoms with Crippen molar-refractivity contribution in [1.29, 1.82) is 0 Å². The number of likely N-dealkylation sites (tertiary alicyclic amines) is 2. The molecule has 37 heavy (non-hydrogen) atoms. The minimum atomic E-state index is -1.35. The Kier molecular flexibility index (Phi) is 8.64. The number of carbonyl (C=O) groups excluding carboxylic acids is 1. The summed E-state index contributed by atoms with van der Waals surface area (Å²) in [5.41, 5.74) is 4.56. The highest BCUT2D eigenvalue weighted by atomic mass is 32.2. The molecule has 0 aliphatic carbocycles. The minimum absolute atomic E-state index is 0.0775. The summed E-state index contributed by atoms with van der Waals surface area (Å²) in [6.45, 7) is 9.72. The second-order valence-corrected chi connectivity index (χ2v) is 11.3. The molecular formula is C28H38N4O4S. The van der Waals surface area contributed by atoms with Crippen LogP contribution in [0.2, 0.25) is 0 Å². The maximum Gasteiger partial charge on any atom is 0.255 e. The maximum atomic E-state index is 13.2. The standard InChI is InChI=1S/C28H38N4O4S/c1-20-10-15-29-21(2)25(20)27(33)31-18-13-28(3,14-19-31)32-16-11-23(12-17-32)26(30-35-4)22-6-8-24(9-7-22)36-37(5)34/h6-10,15,23H,11-14,16-19H2,1-5H3. The monoisotopic (exact) mass is 526 g/mol. The van der Waals surface area contributed by atoms with Crippen LogP contribution in [0.4, 0.5) is 0 Å². The van der Waals surface area contributed by atoms with Crippen LogP contribution < -0.4 is 4.18 Å². The highest BCUT2D eigenvalue weighted by Gasteiger charge is 2.39. The quantitative estimate of drug-likeness (QED) is 0.399. The summed E-state index contributed by atoms with van der Waals surface area (Å²) in [6.07, 6.45) is 7.17. The van der Waals surface area contributed by atoms with E-state index in [0.717, 1.165) is 80.0 Å². The summed E-state index contributed by atoms with van der Waals surface area (Å²) in [4.78, 5) is 27.4. The van der Waals surface area contributed by atoms with Crippen LogP contribution in [0.15, 0.2) is 41.7 Å². The molecule has 2 aliphatic heterocycles. The lowest BCUT2D eigenvalue weighted by Crippen LogP contribution is -2.56. The summed E-state index contributed by atoms with van der Waals surface area (Å²) < 4.78 is 16.6. The number of rotatable bonds is 7. The van der Waals surface area contributed by atoms with Gasteiger partial charge < -0.3 is 13.9 Å². The summed E-state index contributed by atoms with van der Waals surface area (Å²) in [5.74, 6) is 0.971. The van der Waals surface area contributed by atoms with Gasteiger partial charge in [-0.1, -0.05) is 5.16 Å². The second kappa shape index (κ2) is 11.7. The van der Waals surface area contributed by atoms with Crippen molar-refractivity contribution in [3.63, 3.8) is 0 Å². The SMILES string of the molecule is CON=C(c1ccc(OS(C)=O)cc1)C1CCN(C2(C)CCN(C(=O)c3c(C)ccnc3C)CC2)CC1. The Bertz CT molecular complexity index is 1130. The number of piperidine rings is 2. The third-order valence-corrected chi connectivity index (χ3v) is 8.32. The van der Waals surface area contributed by atoms with Crippen molar-refractivity contribution in [2.24, 2.45) is 11.1 Å². The van der Waals surface area contributed by atoms with Gasteiger partial charge >= 0.3 is 0 Å². The Hall–Kier alpha value is -2.78. The van der Waals surface area contributed by atoms with E-state index < -0.39 is 11.1 Å². The zero-order chi connectivity index (χ0) is 26.6. The molecule has 2 aromatic rings. The second-order valence-electron chi connectivity index (χ2n) is 10.3. The predicted octanol–water partition coefficient (Wildman–Crippen LogP) is 4.13. The molecule has 1 aromatic carbocycles. The van der Waals surface area contributed by atoms with Crippen molar-refractivity contribution >= 4 is 22.7 Å². The molecule has 0 bridgehead atoms. The largest absolute Gasteiger partial charge is 0.401 e. The van der Waals surface area contributed by atoms with E-state index in [1.807, 2.05) is 49.1 Å². The van der Waals surface area contributed by atoms with Crippen molar-refractivity contribution in [2.45, 2.75) is 52.0 Å². The zero-order valence-corrected chi connectivity index (χ0v) is 23.3. The number of aromatic nitrogens is 1. The summed E-state index contributed by atoms with van der Waals surface area (Å²) in [7, 11) is 1.58. The van der Waals surface area contributed by atoms with E-state index in [-0.39, 0.29) is 11.4 Å². The van der Waals surface area contributed by atoms with E-state index in [4.69, 9.17) is 9.02 Å². The predicted molar refractivity (Wildman–Crippen MR) is 146 cm³/mol. The van der Waals surface area contributed by atoms with Gasteiger partial charge in [-0.05, 0) is 101 Å². The van der Waals surface area contributed by atoms with Crippen molar-refractivity contribution in [2.75, 3.05) is 39.5 Å². The van der Waals surface area contributed by atoms with Crippen molar-refractivity contribution in [3.8, 4) is 5.75 Å². The van der Waals surface area contributed by atoms with Crippen LogP contribution in [0.25, 0.3) is 0 Å². The summed E-state index contributed by atoms with van der Waals surface area (Å²) >= 11 is -1.35. The molecule has 1 atom stereocenters. The molecule has 1 aromatic heterocycles. The number of nitrogens with zero attached hydrogens (tertiary/aromatic N) is 4. The summed E-state index contributed by atoms with van der Waals surface area (Å²) in [6, 6.07) is 9.46. The number of benzene rings is 1. The van der Waals surface area contributed by atoms with Crippen LogP contribution in [0.1, 0.15) is 59.8 Å². The molecular weight excluding hydrogens is 488 g/mol. The number of hydrogen-bond acceptors (Lipinski definition) is 7. The Morgan fingerprint density at radius 3 is 2.30 bits per heavy atom. The van der Waals surface area contributed by atoms with Gasteiger partial charge in [0.15, 0.2) is 0 Å². The van der Waals surface area contributed by atoms with E-state index in [1.165, 1.54) is 6.26 Å². The highest BCUT2D eigenvalue weighted by molar-refractivity contribution is 7.79. The first-order valence-electron chi connectivity index (χ1n) is 12.9. The van der Waals surface area contributed by atoms with Crippen LogP contribution >= 0.6 is 0 Å². The van der Waals surface area contributed by atoms with Gasteiger partial charge in [0.25, 0.3) is 5.91 Å². The molecule has 0 saturated carbocycles. The number of aryl methyl sites for hydroxylation is 2. The lowest BCUT2D eigenvalue weighted by molar-refractivity contribution is 0.0161. The van der Waals surface area contributed by atoms with Crippen LogP contribution in [0.3, 0.4) is 0 Å². The van der Waals surface area contributed by atoms with E-state index >= 15 is 0 Å². The van der Waals surface area contributed by atoms with Gasteiger partial charge in [0.2, 0.25) is 11.1 Å². The molecule has 9 heteroatoms. The van der Waals surface area contributed by atoms with Gasteiger partial charge in [-0.2, -0.15) is 0 Å². The number of amides is 1. The molecule has 0 N–H and O–H groups in total. The first-order chi connectivity index (χ1) is 17.7. The van der Waals surface area contributed by atoms with Gasteiger partial charge in [0.05, 0.1) is 17.0 Å². The fourth-order valence-corrected chi connectivity index (χ4v) is 6.04. The molecule has 200 valence electrons. The van der Waals surface area contributed by atoms with E-state index in [1.54, 1.807) is 13.3 Å². The molecule has 2 saturated heterocycles. The molecule has 0 radical (unpaired) electrons. The Morgan fingerprint density at radius 2 is 1.73 bits per heavy atom. The molecule has 2 aliphatic rings. The fourth-order valence-electron chi connectivity index (χ4n) is 5.65. The van der Waals surface area contributed by atoms with Crippen LogP contribution in [-0.2, 0) is 15.9 Å². The lowest BCUT2D eigenvalue weighted by Gasteiger charge is -2.49. The van der Waals surface area contributed by atoms with Gasteiger partial charge in [-0.25, -0.2) is 4.21 Å². The highest BCUT2D eigenvalue weighted by Crippen LogP contribution is 2.34. The third kappa shape index (κ3) is 6.21. The molecule has 1 amide bonds. The first kappa shape index (κ1) is 27.3. The Labute approximate surface area is 222 Å². The normalized spacial score (nSPS) is 19.9. The van der Waals surface area contributed by atoms with Crippen molar-refractivity contribution in [1.82, 2.24) is 14.8 Å². The van der Waals surface area contributed by atoms with Gasteiger partial charge in [-0.3, -0.25) is 14.7 Å².